The third-order valence-corrected chi connectivity index (χ3v) is 3.64. The molecule has 0 atom stereocenters. The van der Waals surface area contributed by atoms with Gasteiger partial charge in [-0.25, -0.2) is 0 Å². The van der Waals surface area contributed by atoms with Gasteiger partial charge in [0.05, 0.1) is 6.20 Å². The van der Waals surface area contributed by atoms with Gasteiger partial charge in [-0.3, -0.25) is 9.48 Å². The molecular formula is C13H21N3O. The normalized spacial score (nSPS) is 18.5. The van der Waals surface area contributed by atoms with Gasteiger partial charge in [-0.05, 0) is 44.8 Å². The topological polar surface area (TPSA) is 38.1 Å². The summed E-state index contributed by atoms with van der Waals surface area (Å²) in [6.45, 7) is 4.92. The Kier molecular flexibility index (Phi) is 3.94. The molecule has 94 valence electrons. The number of Topliss-reactive ketones (excluding diaryl/α,β-unsaturated/α-hetero) is 1. The summed E-state index contributed by atoms with van der Waals surface area (Å²) in [5.41, 5.74) is 1.29. The van der Waals surface area contributed by atoms with E-state index >= 15 is 0 Å². The van der Waals surface area contributed by atoms with Crippen molar-refractivity contribution in [2.24, 2.45) is 13.0 Å². The van der Waals surface area contributed by atoms with Gasteiger partial charge in [0, 0.05) is 25.7 Å². The van der Waals surface area contributed by atoms with E-state index < -0.39 is 0 Å². The molecular weight excluding hydrogens is 214 g/mol. The predicted octanol–water partition coefficient (Wildman–Crippen LogP) is 1.26. The number of carbonyl (C=O) groups excluding carboxylic acids is 1. The van der Waals surface area contributed by atoms with E-state index in [1.54, 1.807) is 6.92 Å². The third kappa shape index (κ3) is 3.40. The minimum Gasteiger partial charge on any atom is -0.303 e. The lowest BCUT2D eigenvalue weighted by Crippen LogP contribution is -2.36. The molecule has 1 saturated heterocycles. The fourth-order valence-electron chi connectivity index (χ4n) is 2.45. The van der Waals surface area contributed by atoms with Gasteiger partial charge in [0.25, 0.3) is 0 Å². The second-order valence-electron chi connectivity index (χ2n) is 5.00. The number of rotatable bonds is 4. The molecule has 0 spiro atoms. The lowest BCUT2D eigenvalue weighted by molar-refractivity contribution is -0.122. The van der Waals surface area contributed by atoms with Crippen molar-refractivity contribution in [1.29, 1.82) is 0 Å². The molecule has 1 aliphatic heterocycles. The second kappa shape index (κ2) is 5.45. The van der Waals surface area contributed by atoms with Crippen LogP contribution >= 0.6 is 0 Å². The Balaban J connectivity index is 1.73. The van der Waals surface area contributed by atoms with Crippen LogP contribution in [-0.2, 0) is 18.3 Å². The minimum atomic E-state index is 0.310. The van der Waals surface area contributed by atoms with Crippen LogP contribution in [0.1, 0.15) is 25.3 Å². The molecule has 1 aromatic heterocycles. The largest absolute Gasteiger partial charge is 0.303 e. The standard InChI is InChI=1S/C13H21N3O/c1-11(17)13-4-7-16(8-5-13)6-3-12-9-14-15(2)10-12/h9-10,13H,3-8H2,1-2H3. The first-order valence-corrected chi connectivity index (χ1v) is 6.35. The summed E-state index contributed by atoms with van der Waals surface area (Å²) in [6.07, 6.45) is 7.12. The number of likely N-dealkylation sites (tertiary alicyclic amines) is 1. The zero-order valence-electron chi connectivity index (χ0n) is 10.7. The first-order chi connectivity index (χ1) is 8.15. The van der Waals surface area contributed by atoms with Crippen LogP contribution in [0.3, 0.4) is 0 Å². The van der Waals surface area contributed by atoms with E-state index in [-0.39, 0.29) is 0 Å². The van der Waals surface area contributed by atoms with Crippen molar-refractivity contribution in [2.75, 3.05) is 19.6 Å². The maximum atomic E-state index is 11.3. The van der Waals surface area contributed by atoms with E-state index in [0.717, 1.165) is 38.9 Å². The minimum absolute atomic E-state index is 0.310. The van der Waals surface area contributed by atoms with Gasteiger partial charge in [0.1, 0.15) is 5.78 Å². The van der Waals surface area contributed by atoms with Crippen molar-refractivity contribution in [3.05, 3.63) is 18.0 Å². The van der Waals surface area contributed by atoms with Crippen LogP contribution in [0.15, 0.2) is 12.4 Å². The van der Waals surface area contributed by atoms with Crippen LogP contribution in [0.5, 0.6) is 0 Å². The summed E-state index contributed by atoms with van der Waals surface area (Å²) in [4.78, 5) is 13.7. The van der Waals surface area contributed by atoms with Gasteiger partial charge in [0.15, 0.2) is 0 Å². The van der Waals surface area contributed by atoms with Crippen LogP contribution < -0.4 is 0 Å². The van der Waals surface area contributed by atoms with Crippen LogP contribution in [0.2, 0.25) is 0 Å². The van der Waals surface area contributed by atoms with Crippen LogP contribution in [0.4, 0.5) is 0 Å². The number of hydrogen-bond acceptors (Lipinski definition) is 3. The van der Waals surface area contributed by atoms with Gasteiger partial charge in [0.2, 0.25) is 0 Å². The van der Waals surface area contributed by atoms with Gasteiger partial charge < -0.3 is 4.90 Å². The van der Waals surface area contributed by atoms with Crippen LogP contribution in [-0.4, -0.2) is 40.1 Å². The lowest BCUT2D eigenvalue weighted by Gasteiger charge is -2.30. The molecule has 0 bridgehead atoms. The fourth-order valence-corrected chi connectivity index (χ4v) is 2.45. The lowest BCUT2D eigenvalue weighted by atomic mass is 9.93. The Hall–Kier alpha value is -1.16. The van der Waals surface area contributed by atoms with Crippen molar-refractivity contribution in [1.82, 2.24) is 14.7 Å². The van der Waals surface area contributed by atoms with Crippen molar-refractivity contribution >= 4 is 5.78 Å². The molecule has 4 heteroatoms. The zero-order chi connectivity index (χ0) is 12.3. The molecule has 0 amide bonds. The molecule has 0 saturated carbocycles. The molecule has 1 aliphatic rings. The quantitative estimate of drug-likeness (QED) is 0.788. The number of aromatic nitrogens is 2. The maximum Gasteiger partial charge on any atom is 0.133 e. The summed E-state index contributed by atoms with van der Waals surface area (Å²) in [5.74, 6) is 0.668. The van der Waals surface area contributed by atoms with E-state index in [0.29, 0.717) is 11.7 Å². The summed E-state index contributed by atoms with van der Waals surface area (Å²) in [5, 5.41) is 4.17. The first-order valence-electron chi connectivity index (χ1n) is 6.35. The molecule has 2 heterocycles. The summed E-state index contributed by atoms with van der Waals surface area (Å²) in [7, 11) is 1.95. The maximum absolute atomic E-state index is 11.3. The molecule has 0 aromatic carbocycles. The number of carbonyl (C=O) groups is 1. The van der Waals surface area contributed by atoms with E-state index in [1.165, 1.54) is 5.56 Å². The Morgan fingerprint density at radius 3 is 2.71 bits per heavy atom. The van der Waals surface area contributed by atoms with Crippen molar-refractivity contribution < 1.29 is 4.79 Å². The van der Waals surface area contributed by atoms with Crippen molar-refractivity contribution in [3.63, 3.8) is 0 Å². The molecule has 2 rings (SSSR count). The summed E-state index contributed by atoms with van der Waals surface area (Å²) < 4.78 is 1.84. The first kappa shape index (κ1) is 12.3. The monoisotopic (exact) mass is 235 g/mol. The number of piperidine rings is 1. The fraction of sp³-hybridized carbons (Fsp3) is 0.692. The molecule has 0 aliphatic carbocycles. The van der Waals surface area contributed by atoms with E-state index in [4.69, 9.17) is 0 Å². The number of aryl methyl sites for hydroxylation is 1. The Morgan fingerprint density at radius 2 is 2.18 bits per heavy atom. The molecule has 1 fully saturated rings. The number of ketones is 1. The van der Waals surface area contributed by atoms with E-state index in [9.17, 15) is 4.79 Å². The van der Waals surface area contributed by atoms with Gasteiger partial charge in [-0.15, -0.1) is 0 Å². The van der Waals surface area contributed by atoms with E-state index in [2.05, 4.69) is 16.2 Å². The molecule has 17 heavy (non-hydrogen) atoms. The predicted molar refractivity (Wildman–Crippen MR) is 66.8 cm³/mol. The Labute approximate surface area is 103 Å². The molecule has 4 nitrogen and oxygen atoms in total. The average molecular weight is 235 g/mol. The highest BCUT2D eigenvalue weighted by atomic mass is 16.1. The number of hydrogen-bond donors (Lipinski definition) is 0. The Bertz CT molecular complexity index is 378. The Morgan fingerprint density at radius 1 is 1.47 bits per heavy atom. The smallest absolute Gasteiger partial charge is 0.133 e. The average Bonchev–Trinajstić information content (AvgIpc) is 2.73. The highest BCUT2D eigenvalue weighted by Gasteiger charge is 2.21. The number of nitrogens with zero attached hydrogens (tertiary/aromatic N) is 3. The van der Waals surface area contributed by atoms with Crippen molar-refractivity contribution in [3.8, 4) is 0 Å². The summed E-state index contributed by atoms with van der Waals surface area (Å²) >= 11 is 0. The van der Waals surface area contributed by atoms with Crippen LogP contribution in [0.25, 0.3) is 0 Å². The highest BCUT2D eigenvalue weighted by molar-refractivity contribution is 5.78. The van der Waals surface area contributed by atoms with Crippen LogP contribution in [0, 0.1) is 5.92 Å². The van der Waals surface area contributed by atoms with E-state index in [1.807, 2.05) is 17.9 Å². The van der Waals surface area contributed by atoms with Gasteiger partial charge >= 0.3 is 0 Å². The van der Waals surface area contributed by atoms with Gasteiger partial charge in [-0.1, -0.05) is 0 Å². The van der Waals surface area contributed by atoms with Gasteiger partial charge in [-0.2, -0.15) is 5.10 Å². The SMILES string of the molecule is CC(=O)C1CCN(CCc2cnn(C)c2)CC1. The third-order valence-electron chi connectivity index (χ3n) is 3.64. The highest BCUT2D eigenvalue weighted by Crippen LogP contribution is 2.18. The zero-order valence-corrected chi connectivity index (χ0v) is 10.7. The summed E-state index contributed by atoms with van der Waals surface area (Å²) in [6, 6.07) is 0. The molecule has 0 radical (unpaired) electrons. The second-order valence-corrected chi connectivity index (χ2v) is 5.00. The van der Waals surface area contributed by atoms with Crippen molar-refractivity contribution in [2.45, 2.75) is 26.2 Å². The molecule has 0 unspecified atom stereocenters. The molecule has 0 N–H and O–H groups in total. The molecule has 1 aromatic rings.